The molecule has 0 fully saturated rings. The number of hydrogen-bond donors (Lipinski definition) is 1. The first-order valence-electron chi connectivity index (χ1n) is 10.1. The maximum Gasteiger partial charge on any atom is 0.416 e. The first-order valence-corrected chi connectivity index (χ1v) is 10.1. The summed E-state index contributed by atoms with van der Waals surface area (Å²) in [5.41, 5.74) is 0.654. The molecule has 0 aliphatic carbocycles. The fourth-order valence-electron chi connectivity index (χ4n) is 3.06. The Morgan fingerprint density at radius 2 is 1.44 bits per heavy atom. The van der Waals surface area contributed by atoms with Crippen molar-refractivity contribution in [1.82, 2.24) is 0 Å². The van der Waals surface area contributed by atoms with E-state index in [0.717, 1.165) is 0 Å². The van der Waals surface area contributed by atoms with E-state index < -0.39 is 31.6 Å². The van der Waals surface area contributed by atoms with Crippen LogP contribution >= 0.6 is 0 Å². The third-order valence-corrected chi connectivity index (χ3v) is 4.65. The Labute approximate surface area is 192 Å². The number of aliphatic hydroxyl groups excluding tert-OH is 1. The maximum atomic E-state index is 13.2. The second-order valence-corrected chi connectivity index (χ2v) is 7.30. The van der Waals surface area contributed by atoms with Crippen molar-refractivity contribution < 1.29 is 40.9 Å². The van der Waals surface area contributed by atoms with Gasteiger partial charge in [-0.2, -0.15) is 17.6 Å². The number of para-hydroxylation sites is 1. The smallest absolute Gasteiger partial charge is 0.416 e. The second kappa shape index (κ2) is 11.1. The molecule has 0 aliphatic heterocycles. The highest BCUT2D eigenvalue weighted by atomic mass is 19.4. The monoisotopic (exact) mass is 485 g/mol. The topological polar surface area (TPSA) is 41.9 Å². The van der Waals surface area contributed by atoms with Gasteiger partial charge in [0.05, 0.1) is 6.54 Å². The van der Waals surface area contributed by atoms with Gasteiger partial charge in [-0.3, -0.25) is 0 Å². The number of anilines is 1. The minimum atomic E-state index is -4.86. The highest BCUT2D eigenvalue weighted by molar-refractivity contribution is 5.52. The molecule has 0 saturated heterocycles. The summed E-state index contributed by atoms with van der Waals surface area (Å²) in [6.45, 7) is -0.975. The molecule has 182 valence electrons. The average Bonchev–Trinajstić information content (AvgIpc) is 2.79. The molecule has 4 nitrogen and oxygen atoms in total. The zero-order valence-corrected chi connectivity index (χ0v) is 17.6. The number of hydrogen-bond acceptors (Lipinski definition) is 4. The lowest BCUT2D eigenvalue weighted by Gasteiger charge is -2.29. The van der Waals surface area contributed by atoms with Crippen LogP contribution in [0.1, 0.15) is 5.56 Å². The van der Waals surface area contributed by atoms with Gasteiger partial charge in [0.2, 0.25) is 0 Å². The van der Waals surface area contributed by atoms with E-state index in [4.69, 9.17) is 4.74 Å². The van der Waals surface area contributed by atoms with Crippen LogP contribution in [-0.4, -0.2) is 36.7 Å². The summed E-state index contributed by atoms with van der Waals surface area (Å²) in [6.07, 6.45) is -13.7. The standard InChI is InChI=1S/C24H21F6NO3/c25-22(26)23(27)34-19-10-4-6-16(12-19)14-31(15-21(32)24(28,29)30)17-7-5-11-20(13-17)33-18-8-2-1-3-9-18/h1-13,21-23,32H,14-15H2. The van der Waals surface area contributed by atoms with E-state index >= 15 is 0 Å². The van der Waals surface area contributed by atoms with Gasteiger partial charge < -0.3 is 19.5 Å². The van der Waals surface area contributed by atoms with E-state index in [0.29, 0.717) is 22.7 Å². The van der Waals surface area contributed by atoms with Crippen LogP contribution in [0.4, 0.5) is 32.0 Å². The molecule has 2 unspecified atom stereocenters. The molecule has 0 aliphatic rings. The third-order valence-electron chi connectivity index (χ3n) is 4.65. The molecular weight excluding hydrogens is 464 g/mol. The van der Waals surface area contributed by atoms with Gasteiger partial charge in [-0.1, -0.05) is 36.4 Å². The Morgan fingerprint density at radius 1 is 0.794 bits per heavy atom. The maximum absolute atomic E-state index is 13.2. The van der Waals surface area contributed by atoms with Gasteiger partial charge in [-0.25, -0.2) is 8.78 Å². The molecule has 0 heterocycles. The molecule has 0 spiro atoms. The van der Waals surface area contributed by atoms with Gasteiger partial charge >= 0.3 is 12.6 Å². The number of aliphatic hydroxyl groups is 1. The number of rotatable bonds is 10. The lowest BCUT2D eigenvalue weighted by Crippen LogP contribution is -2.40. The molecule has 10 heteroatoms. The van der Waals surface area contributed by atoms with E-state index in [1.807, 2.05) is 0 Å². The Balaban J connectivity index is 1.85. The average molecular weight is 485 g/mol. The molecule has 1 N–H and O–H groups in total. The van der Waals surface area contributed by atoms with E-state index in [1.165, 1.54) is 41.3 Å². The fourth-order valence-corrected chi connectivity index (χ4v) is 3.06. The van der Waals surface area contributed by atoms with Crippen molar-refractivity contribution >= 4 is 5.69 Å². The molecule has 2 atom stereocenters. The highest BCUT2D eigenvalue weighted by Gasteiger charge is 2.39. The predicted octanol–water partition coefficient (Wildman–Crippen LogP) is 6.35. The number of alkyl halides is 6. The summed E-state index contributed by atoms with van der Waals surface area (Å²) in [5.74, 6) is 0.665. The van der Waals surface area contributed by atoms with Crippen molar-refractivity contribution in [3.63, 3.8) is 0 Å². The number of ether oxygens (including phenoxy) is 2. The molecule has 34 heavy (non-hydrogen) atoms. The summed E-state index contributed by atoms with van der Waals surface area (Å²) in [5, 5.41) is 9.68. The summed E-state index contributed by atoms with van der Waals surface area (Å²) >= 11 is 0. The van der Waals surface area contributed by atoms with Gasteiger partial charge in [0.1, 0.15) is 17.2 Å². The van der Waals surface area contributed by atoms with Gasteiger partial charge in [-0.05, 0) is 42.0 Å². The van der Waals surface area contributed by atoms with Gasteiger partial charge in [0.15, 0.2) is 6.10 Å². The number of halogens is 6. The van der Waals surface area contributed by atoms with Crippen molar-refractivity contribution in [2.24, 2.45) is 0 Å². The van der Waals surface area contributed by atoms with Crippen LogP contribution in [0.3, 0.4) is 0 Å². The highest BCUT2D eigenvalue weighted by Crippen LogP contribution is 2.30. The second-order valence-electron chi connectivity index (χ2n) is 7.30. The summed E-state index contributed by atoms with van der Waals surface area (Å²) in [7, 11) is 0. The molecule has 3 rings (SSSR count). The lowest BCUT2D eigenvalue weighted by atomic mass is 10.1. The molecule has 3 aromatic rings. The Bertz CT molecular complexity index is 1050. The van der Waals surface area contributed by atoms with Gasteiger partial charge in [0, 0.05) is 18.3 Å². The number of benzene rings is 3. The van der Waals surface area contributed by atoms with Crippen molar-refractivity contribution in [2.45, 2.75) is 31.6 Å². The van der Waals surface area contributed by atoms with E-state index in [2.05, 4.69) is 4.74 Å². The van der Waals surface area contributed by atoms with E-state index in [1.54, 1.807) is 42.5 Å². The zero-order chi connectivity index (χ0) is 24.7. The largest absolute Gasteiger partial charge is 0.457 e. The Kier molecular flexibility index (Phi) is 8.27. The third kappa shape index (κ3) is 7.31. The Morgan fingerprint density at radius 3 is 2.12 bits per heavy atom. The van der Waals surface area contributed by atoms with Crippen LogP contribution in [-0.2, 0) is 6.54 Å². The van der Waals surface area contributed by atoms with Crippen LogP contribution in [0.25, 0.3) is 0 Å². The predicted molar refractivity (Wildman–Crippen MR) is 114 cm³/mol. The first kappa shape index (κ1) is 25.2. The minimum absolute atomic E-state index is 0.162. The van der Waals surface area contributed by atoms with Crippen LogP contribution in [0.15, 0.2) is 78.9 Å². The molecule has 0 aromatic heterocycles. The van der Waals surface area contributed by atoms with E-state index in [-0.39, 0.29) is 12.3 Å². The van der Waals surface area contributed by atoms with Gasteiger partial charge in [-0.15, -0.1) is 0 Å². The molecule has 3 aromatic carbocycles. The molecule has 0 saturated carbocycles. The van der Waals surface area contributed by atoms with Crippen LogP contribution in [0, 0.1) is 0 Å². The van der Waals surface area contributed by atoms with E-state index in [9.17, 15) is 31.4 Å². The molecule has 0 bridgehead atoms. The first-order chi connectivity index (χ1) is 16.1. The normalized spacial score (nSPS) is 13.4. The summed E-state index contributed by atoms with van der Waals surface area (Å²) in [6, 6.07) is 20.4. The van der Waals surface area contributed by atoms with Crippen molar-refractivity contribution in [3.8, 4) is 17.2 Å². The van der Waals surface area contributed by atoms with Crippen LogP contribution in [0.2, 0.25) is 0 Å². The summed E-state index contributed by atoms with van der Waals surface area (Å²) < 4.78 is 87.6. The van der Waals surface area contributed by atoms with Crippen molar-refractivity contribution in [1.29, 1.82) is 0 Å². The number of nitrogens with zero attached hydrogens (tertiary/aromatic N) is 1. The fraction of sp³-hybridized carbons (Fsp3) is 0.250. The minimum Gasteiger partial charge on any atom is -0.457 e. The molecule has 0 radical (unpaired) electrons. The van der Waals surface area contributed by atoms with Crippen molar-refractivity contribution in [2.75, 3.05) is 11.4 Å². The molecular formula is C24H21F6NO3. The SMILES string of the molecule is OC(CN(Cc1cccc(OC(F)C(F)F)c1)c1cccc(Oc2ccccc2)c1)C(F)(F)F. The zero-order valence-electron chi connectivity index (χ0n) is 17.6. The van der Waals surface area contributed by atoms with Crippen molar-refractivity contribution in [3.05, 3.63) is 84.4 Å². The quantitative estimate of drug-likeness (QED) is 0.340. The van der Waals surface area contributed by atoms with Gasteiger partial charge in [0.25, 0.3) is 6.36 Å². The van der Waals surface area contributed by atoms with Crippen LogP contribution in [0.5, 0.6) is 17.2 Å². The van der Waals surface area contributed by atoms with Crippen LogP contribution < -0.4 is 14.4 Å². The summed E-state index contributed by atoms with van der Waals surface area (Å²) in [4.78, 5) is 1.25. The Hall–Kier alpha value is -3.40. The molecule has 0 amide bonds. The lowest BCUT2D eigenvalue weighted by molar-refractivity contribution is -0.200.